The van der Waals surface area contributed by atoms with Gasteiger partial charge in [-0.25, -0.2) is 9.98 Å². The number of para-hydroxylation sites is 1. The van der Waals surface area contributed by atoms with Crippen LogP contribution in [0, 0.1) is 0 Å². The molecule has 0 saturated carbocycles. The minimum absolute atomic E-state index is 0. The molecule has 136 valence electrons. The van der Waals surface area contributed by atoms with E-state index in [0.29, 0.717) is 12.6 Å². The van der Waals surface area contributed by atoms with Gasteiger partial charge in [0.1, 0.15) is 18.7 Å². The van der Waals surface area contributed by atoms with Crippen LogP contribution in [-0.2, 0) is 13.6 Å². The molecule has 25 heavy (non-hydrogen) atoms. The third-order valence-corrected chi connectivity index (χ3v) is 4.18. The molecule has 8 heteroatoms. The maximum atomic E-state index is 4.63. The van der Waals surface area contributed by atoms with Crippen LogP contribution in [0.2, 0.25) is 0 Å². The predicted molar refractivity (Wildman–Crippen MR) is 111 cm³/mol. The second-order valence-electron chi connectivity index (χ2n) is 5.91. The van der Waals surface area contributed by atoms with E-state index >= 15 is 0 Å². The lowest BCUT2D eigenvalue weighted by atomic mass is 10.3. The number of aryl methyl sites for hydroxylation is 1. The van der Waals surface area contributed by atoms with Gasteiger partial charge in [-0.1, -0.05) is 18.2 Å². The first-order chi connectivity index (χ1) is 11.8. The van der Waals surface area contributed by atoms with Crippen LogP contribution < -0.4 is 15.5 Å². The van der Waals surface area contributed by atoms with Gasteiger partial charge in [-0.05, 0) is 25.5 Å². The molecular formula is C17H26IN7. The normalized spacial score (nSPS) is 17.3. The summed E-state index contributed by atoms with van der Waals surface area (Å²) in [4.78, 5) is 11.2. The highest BCUT2D eigenvalue weighted by Crippen LogP contribution is 2.19. The predicted octanol–water partition coefficient (Wildman–Crippen LogP) is 1.77. The fourth-order valence-corrected chi connectivity index (χ4v) is 2.88. The number of aliphatic imine (C=N–C) groups is 1. The summed E-state index contributed by atoms with van der Waals surface area (Å²) in [5, 5.41) is 10.9. The number of guanidine groups is 1. The quantitative estimate of drug-likeness (QED) is 0.409. The number of rotatable bonds is 5. The van der Waals surface area contributed by atoms with Crippen molar-refractivity contribution in [1.29, 1.82) is 0 Å². The highest BCUT2D eigenvalue weighted by molar-refractivity contribution is 14.0. The monoisotopic (exact) mass is 455 g/mol. The number of hydrogen-bond acceptors (Lipinski definition) is 4. The smallest absolute Gasteiger partial charge is 0.191 e. The number of aromatic nitrogens is 3. The lowest BCUT2D eigenvalue weighted by Gasteiger charge is -2.20. The highest BCUT2D eigenvalue weighted by atomic mass is 127. The van der Waals surface area contributed by atoms with Crippen molar-refractivity contribution in [2.45, 2.75) is 25.9 Å². The van der Waals surface area contributed by atoms with Gasteiger partial charge in [0.05, 0.1) is 0 Å². The lowest BCUT2D eigenvalue weighted by molar-refractivity contribution is 0.644. The second-order valence-corrected chi connectivity index (χ2v) is 5.91. The van der Waals surface area contributed by atoms with Crippen molar-refractivity contribution in [3.8, 4) is 0 Å². The first-order valence-corrected chi connectivity index (χ1v) is 8.44. The van der Waals surface area contributed by atoms with E-state index in [9.17, 15) is 0 Å². The molecule has 2 aromatic rings. The van der Waals surface area contributed by atoms with Gasteiger partial charge in [0.25, 0.3) is 0 Å². The number of halogens is 1. The Hall–Kier alpha value is -1.84. The molecular weight excluding hydrogens is 429 g/mol. The highest BCUT2D eigenvalue weighted by Gasteiger charge is 2.23. The Morgan fingerprint density at radius 2 is 2.12 bits per heavy atom. The maximum Gasteiger partial charge on any atom is 0.191 e. The summed E-state index contributed by atoms with van der Waals surface area (Å²) in [6, 6.07) is 10.9. The van der Waals surface area contributed by atoms with Crippen LogP contribution in [0.15, 0.2) is 41.7 Å². The molecule has 0 radical (unpaired) electrons. The lowest BCUT2D eigenvalue weighted by Crippen LogP contribution is -2.44. The average Bonchev–Trinajstić information content (AvgIpc) is 3.23. The molecule has 3 rings (SSSR count). The summed E-state index contributed by atoms with van der Waals surface area (Å²) in [6.45, 7) is 5.47. The van der Waals surface area contributed by atoms with Crippen molar-refractivity contribution in [1.82, 2.24) is 25.4 Å². The van der Waals surface area contributed by atoms with Gasteiger partial charge < -0.3 is 15.5 Å². The van der Waals surface area contributed by atoms with E-state index in [0.717, 1.165) is 37.8 Å². The van der Waals surface area contributed by atoms with Crippen molar-refractivity contribution in [3.63, 3.8) is 0 Å². The zero-order chi connectivity index (χ0) is 16.8. The molecule has 2 N–H and O–H groups in total. The Bertz CT molecular complexity index is 671. The van der Waals surface area contributed by atoms with Gasteiger partial charge in [0, 0.05) is 38.4 Å². The first kappa shape index (κ1) is 19.5. The summed E-state index contributed by atoms with van der Waals surface area (Å²) < 4.78 is 1.75. The van der Waals surface area contributed by atoms with E-state index in [2.05, 4.69) is 67.9 Å². The summed E-state index contributed by atoms with van der Waals surface area (Å²) in [5.74, 6) is 1.69. The van der Waals surface area contributed by atoms with Crippen molar-refractivity contribution >= 4 is 35.6 Å². The zero-order valence-electron chi connectivity index (χ0n) is 14.7. The van der Waals surface area contributed by atoms with Gasteiger partial charge >= 0.3 is 0 Å². The van der Waals surface area contributed by atoms with Gasteiger partial charge in [-0.2, -0.15) is 5.10 Å². The van der Waals surface area contributed by atoms with Gasteiger partial charge in [0.2, 0.25) is 0 Å². The summed E-state index contributed by atoms with van der Waals surface area (Å²) in [5.41, 5.74) is 1.28. The topological polar surface area (TPSA) is 70.4 Å². The first-order valence-electron chi connectivity index (χ1n) is 8.44. The minimum atomic E-state index is 0. The van der Waals surface area contributed by atoms with Crippen LogP contribution >= 0.6 is 24.0 Å². The van der Waals surface area contributed by atoms with Crippen LogP contribution in [0.5, 0.6) is 0 Å². The Balaban J connectivity index is 0.00000225. The molecule has 1 fully saturated rings. The number of hydrogen-bond donors (Lipinski definition) is 2. The molecule has 1 atom stereocenters. The van der Waals surface area contributed by atoms with E-state index < -0.39 is 0 Å². The molecule has 0 amide bonds. The Labute approximate surface area is 165 Å². The summed E-state index contributed by atoms with van der Waals surface area (Å²) >= 11 is 0. The Morgan fingerprint density at radius 1 is 1.32 bits per heavy atom. The average molecular weight is 455 g/mol. The third kappa shape index (κ3) is 5.32. The standard InChI is InChI=1S/C17H25N7.HI/c1-3-18-17(19-11-16-20-13-21-23(16)2)22-14-9-10-24(12-14)15-7-5-4-6-8-15;/h4-8,13-14H,3,9-12H2,1-2H3,(H2,18,19,22);1H. The van der Waals surface area contributed by atoms with Gasteiger partial charge in [-0.15, -0.1) is 24.0 Å². The molecule has 2 heterocycles. The number of nitrogens with zero attached hydrogens (tertiary/aromatic N) is 5. The van der Waals surface area contributed by atoms with Crippen LogP contribution in [-0.4, -0.2) is 46.4 Å². The molecule has 1 aliphatic rings. The Morgan fingerprint density at radius 3 is 2.80 bits per heavy atom. The molecule has 1 unspecified atom stereocenters. The van der Waals surface area contributed by atoms with Crippen LogP contribution in [0.3, 0.4) is 0 Å². The van der Waals surface area contributed by atoms with E-state index in [1.165, 1.54) is 5.69 Å². The molecule has 1 saturated heterocycles. The molecule has 1 aliphatic heterocycles. The summed E-state index contributed by atoms with van der Waals surface area (Å²) in [6.07, 6.45) is 2.66. The second kappa shape index (κ2) is 9.59. The van der Waals surface area contributed by atoms with E-state index in [1.807, 2.05) is 7.05 Å². The number of nitrogens with one attached hydrogen (secondary N) is 2. The van der Waals surface area contributed by atoms with Crippen molar-refractivity contribution < 1.29 is 0 Å². The van der Waals surface area contributed by atoms with Gasteiger partial charge in [-0.3, -0.25) is 4.68 Å². The third-order valence-electron chi connectivity index (χ3n) is 4.18. The van der Waals surface area contributed by atoms with Crippen molar-refractivity contribution in [2.24, 2.45) is 12.0 Å². The SMILES string of the molecule is CCNC(=NCc1ncnn1C)NC1CCN(c2ccccc2)C1.I. The van der Waals surface area contributed by atoms with Crippen molar-refractivity contribution in [2.75, 3.05) is 24.5 Å². The zero-order valence-corrected chi connectivity index (χ0v) is 17.1. The number of anilines is 1. The molecule has 1 aromatic carbocycles. The van der Waals surface area contributed by atoms with E-state index in [-0.39, 0.29) is 24.0 Å². The fourth-order valence-electron chi connectivity index (χ4n) is 2.88. The molecule has 0 aliphatic carbocycles. The molecule has 0 bridgehead atoms. The maximum absolute atomic E-state index is 4.63. The van der Waals surface area contributed by atoms with Crippen LogP contribution in [0.4, 0.5) is 5.69 Å². The Kier molecular flexibility index (Phi) is 7.48. The van der Waals surface area contributed by atoms with Crippen LogP contribution in [0.25, 0.3) is 0 Å². The van der Waals surface area contributed by atoms with E-state index in [1.54, 1.807) is 11.0 Å². The van der Waals surface area contributed by atoms with Gasteiger partial charge in [0.15, 0.2) is 5.96 Å². The summed E-state index contributed by atoms with van der Waals surface area (Å²) in [7, 11) is 1.88. The largest absolute Gasteiger partial charge is 0.369 e. The minimum Gasteiger partial charge on any atom is -0.369 e. The molecule has 1 aromatic heterocycles. The fraction of sp³-hybridized carbons (Fsp3) is 0.471. The molecule has 0 spiro atoms. The van der Waals surface area contributed by atoms with Crippen LogP contribution in [0.1, 0.15) is 19.2 Å². The van der Waals surface area contributed by atoms with E-state index in [4.69, 9.17) is 0 Å². The molecule has 7 nitrogen and oxygen atoms in total. The number of benzene rings is 1. The van der Waals surface area contributed by atoms with Crippen molar-refractivity contribution in [3.05, 3.63) is 42.5 Å².